The van der Waals surface area contributed by atoms with Gasteiger partial charge in [-0.3, -0.25) is 9.59 Å². The number of aromatic nitrogens is 4. The van der Waals surface area contributed by atoms with Crippen LogP contribution in [-0.2, 0) is 4.79 Å². The molecule has 1 aromatic heterocycles. The number of rotatable bonds is 5. The molecular formula is C13H16N6O2. The van der Waals surface area contributed by atoms with Crippen molar-refractivity contribution >= 4 is 11.8 Å². The van der Waals surface area contributed by atoms with E-state index in [0.29, 0.717) is 11.4 Å². The molecule has 1 aromatic carbocycles. The number of carbonyl (C=O) groups excluding carboxylic acids is 2. The van der Waals surface area contributed by atoms with E-state index in [1.807, 2.05) is 6.07 Å². The van der Waals surface area contributed by atoms with Gasteiger partial charge in [-0.25, -0.2) is 0 Å². The molecule has 2 atom stereocenters. The monoisotopic (exact) mass is 288 g/mol. The van der Waals surface area contributed by atoms with Crippen molar-refractivity contribution < 1.29 is 9.59 Å². The summed E-state index contributed by atoms with van der Waals surface area (Å²) in [5.41, 5.74) is 0.503. The summed E-state index contributed by atoms with van der Waals surface area (Å²) in [4.78, 5) is 23.9. The van der Waals surface area contributed by atoms with E-state index in [1.54, 1.807) is 38.1 Å². The van der Waals surface area contributed by atoms with Gasteiger partial charge in [-0.1, -0.05) is 23.4 Å². The van der Waals surface area contributed by atoms with E-state index >= 15 is 0 Å². The summed E-state index contributed by atoms with van der Waals surface area (Å²) >= 11 is 0. The highest BCUT2D eigenvalue weighted by atomic mass is 16.2. The molecule has 3 N–H and O–H groups in total. The Kier molecular flexibility index (Phi) is 4.60. The molecule has 2 amide bonds. The molecule has 110 valence electrons. The smallest absolute Gasteiger partial charge is 0.251 e. The number of H-pyrrole nitrogens is 1. The average Bonchev–Trinajstić information content (AvgIpc) is 3.02. The molecule has 0 aliphatic heterocycles. The number of hydrogen-bond donors (Lipinski definition) is 3. The van der Waals surface area contributed by atoms with Crippen molar-refractivity contribution in [1.82, 2.24) is 31.3 Å². The number of amides is 2. The molecule has 0 saturated heterocycles. The fraction of sp³-hybridized carbons (Fsp3) is 0.308. The Morgan fingerprint density at radius 3 is 2.48 bits per heavy atom. The van der Waals surface area contributed by atoms with E-state index in [1.165, 1.54) is 0 Å². The maximum absolute atomic E-state index is 12.0. The van der Waals surface area contributed by atoms with Gasteiger partial charge in [0, 0.05) is 5.56 Å². The second-order valence-electron chi connectivity index (χ2n) is 4.56. The van der Waals surface area contributed by atoms with E-state index in [0.717, 1.165) is 0 Å². The lowest BCUT2D eigenvalue weighted by Gasteiger charge is -2.16. The zero-order chi connectivity index (χ0) is 15.2. The van der Waals surface area contributed by atoms with Crippen LogP contribution in [-0.4, -0.2) is 38.5 Å². The first-order chi connectivity index (χ1) is 10.1. The standard InChI is InChI=1S/C13H16N6O2/c1-8(11-16-18-19-17-11)14-12(20)9(2)15-13(21)10-6-4-3-5-7-10/h3-9H,1-2H3,(H,14,20)(H,15,21)(H,16,17,18,19). The lowest BCUT2D eigenvalue weighted by Crippen LogP contribution is -2.45. The molecular weight excluding hydrogens is 272 g/mol. The Hall–Kier alpha value is -2.77. The van der Waals surface area contributed by atoms with Gasteiger partial charge >= 0.3 is 0 Å². The molecule has 2 rings (SSSR count). The first kappa shape index (κ1) is 14.6. The summed E-state index contributed by atoms with van der Waals surface area (Å²) < 4.78 is 0. The van der Waals surface area contributed by atoms with E-state index in [4.69, 9.17) is 0 Å². The average molecular weight is 288 g/mol. The van der Waals surface area contributed by atoms with Crippen LogP contribution in [0.1, 0.15) is 36.1 Å². The Morgan fingerprint density at radius 1 is 1.14 bits per heavy atom. The van der Waals surface area contributed by atoms with Crippen molar-refractivity contribution in [1.29, 1.82) is 0 Å². The van der Waals surface area contributed by atoms with E-state index in [-0.39, 0.29) is 11.8 Å². The summed E-state index contributed by atoms with van der Waals surface area (Å²) in [6.45, 7) is 3.34. The van der Waals surface area contributed by atoms with Gasteiger partial charge in [0.2, 0.25) is 5.91 Å². The van der Waals surface area contributed by atoms with Gasteiger partial charge in [0.15, 0.2) is 5.82 Å². The van der Waals surface area contributed by atoms with Crippen LogP contribution in [0.15, 0.2) is 30.3 Å². The molecule has 21 heavy (non-hydrogen) atoms. The minimum atomic E-state index is -0.674. The highest BCUT2D eigenvalue weighted by Gasteiger charge is 2.20. The van der Waals surface area contributed by atoms with Crippen molar-refractivity contribution in [3.8, 4) is 0 Å². The fourth-order valence-corrected chi connectivity index (χ4v) is 1.69. The Balaban J connectivity index is 1.89. The van der Waals surface area contributed by atoms with Crippen molar-refractivity contribution in [2.24, 2.45) is 0 Å². The summed E-state index contributed by atoms with van der Waals surface area (Å²) in [6.07, 6.45) is 0. The Bertz CT molecular complexity index is 598. The number of nitrogens with one attached hydrogen (secondary N) is 3. The molecule has 0 radical (unpaired) electrons. The number of tetrazole rings is 1. The highest BCUT2D eigenvalue weighted by molar-refractivity contribution is 5.97. The molecule has 0 aliphatic rings. The molecule has 8 nitrogen and oxygen atoms in total. The molecule has 0 saturated carbocycles. The highest BCUT2D eigenvalue weighted by Crippen LogP contribution is 2.04. The predicted molar refractivity (Wildman–Crippen MR) is 74.1 cm³/mol. The lowest BCUT2D eigenvalue weighted by molar-refractivity contribution is -0.123. The number of nitrogens with zero attached hydrogens (tertiary/aromatic N) is 3. The SMILES string of the molecule is CC(NC(=O)c1ccccc1)C(=O)NC(C)c1nn[nH]n1. The molecule has 0 fully saturated rings. The molecule has 2 aromatic rings. The van der Waals surface area contributed by atoms with Crippen LogP contribution in [0.5, 0.6) is 0 Å². The van der Waals surface area contributed by atoms with Crippen molar-refractivity contribution in [2.45, 2.75) is 25.9 Å². The summed E-state index contributed by atoms with van der Waals surface area (Å²) in [7, 11) is 0. The van der Waals surface area contributed by atoms with Crippen molar-refractivity contribution in [3.63, 3.8) is 0 Å². The first-order valence-electron chi connectivity index (χ1n) is 6.47. The zero-order valence-corrected chi connectivity index (χ0v) is 11.7. The molecule has 0 spiro atoms. The minimum Gasteiger partial charge on any atom is -0.344 e. The number of aromatic amines is 1. The van der Waals surface area contributed by atoms with Crippen molar-refractivity contribution in [3.05, 3.63) is 41.7 Å². The molecule has 0 bridgehead atoms. The van der Waals surface area contributed by atoms with Gasteiger partial charge in [-0.05, 0) is 26.0 Å². The topological polar surface area (TPSA) is 113 Å². The maximum atomic E-state index is 12.0. The van der Waals surface area contributed by atoms with E-state index in [9.17, 15) is 9.59 Å². The summed E-state index contributed by atoms with van der Waals surface area (Å²) in [5, 5.41) is 18.6. The summed E-state index contributed by atoms with van der Waals surface area (Å²) in [5.74, 6) is -0.244. The second kappa shape index (κ2) is 6.60. The van der Waals surface area contributed by atoms with Crippen LogP contribution in [0.2, 0.25) is 0 Å². The van der Waals surface area contributed by atoms with Gasteiger partial charge in [0.05, 0.1) is 6.04 Å². The number of hydrogen-bond acceptors (Lipinski definition) is 5. The number of carbonyl (C=O) groups is 2. The van der Waals surface area contributed by atoms with Crippen LogP contribution in [0, 0.1) is 0 Å². The Morgan fingerprint density at radius 2 is 1.86 bits per heavy atom. The number of benzene rings is 1. The van der Waals surface area contributed by atoms with Gasteiger partial charge in [0.25, 0.3) is 5.91 Å². The zero-order valence-electron chi connectivity index (χ0n) is 11.7. The molecule has 2 unspecified atom stereocenters. The van der Waals surface area contributed by atoms with Crippen LogP contribution in [0.25, 0.3) is 0 Å². The van der Waals surface area contributed by atoms with Crippen LogP contribution >= 0.6 is 0 Å². The largest absolute Gasteiger partial charge is 0.344 e. The predicted octanol–water partition coefficient (Wildman–Crippen LogP) is 0.195. The van der Waals surface area contributed by atoms with Crippen LogP contribution in [0.4, 0.5) is 0 Å². The quantitative estimate of drug-likeness (QED) is 0.727. The molecule has 8 heteroatoms. The van der Waals surface area contributed by atoms with Gasteiger partial charge in [0.1, 0.15) is 6.04 Å². The third kappa shape index (κ3) is 3.85. The summed E-state index contributed by atoms with van der Waals surface area (Å²) in [6, 6.07) is 7.64. The fourth-order valence-electron chi connectivity index (χ4n) is 1.69. The van der Waals surface area contributed by atoms with Crippen LogP contribution in [0.3, 0.4) is 0 Å². The molecule has 0 aliphatic carbocycles. The third-order valence-electron chi connectivity index (χ3n) is 2.88. The van der Waals surface area contributed by atoms with E-state index < -0.39 is 12.1 Å². The van der Waals surface area contributed by atoms with Crippen molar-refractivity contribution in [2.75, 3.05) is 0 Å². The minimum absolute atomic E-state index is 0.300. The first-order valence-corrected chi connectivity index (χ1v) is 6.47. The Labute approximate surface area is 121 Å². The van der Waals surface area contributed by atoms with Gasteiger partial charge < -0.3 is 10.6 Å². The maximum Gasteiger partial charge on any atom is 0.251 e. The van der Waals surface area contributed by atoms with Gasteiger partial charge in [-0.2, -0.15) is 5.21 Å². The molecule has 1 heterocycles. The lowest BCUT2D eigenvalue weighted by atomic mass is 10.2. The van der Waals surface area contributed by atoms with Gasteiger partial charge in [-0.15, -0.1) is 10.2 Å². The second-order valence-corrected chi connectivity index (χ2v) is 4.56. The van der Waals surface area contributed by atoms with Crippen LogP contribution < -0.4 is 10.6 Å². The normalized spacial score (nSPS) is 13.2. The van der Waals surface area contributed by atoms with E-state index in [2.05, 4.69) is 31.3 Å². The third-order valence-corrected chi connectivity index (χ3v) is 2.88.